The Bertz CT molecular complexity index is 969. The van der Waals surface area contributed by atoms with Crippen LogP contribution in [-0.4, -0.2) is 60.5 Å². The van der Waals surface area contributed by atoms with Crippen LogP contribution >= 0.6 is 11.8 Å². The minimum absolute atomic E-state index is 0.0291. The Hall–Kier alpha value is -2.80. The van der Waals surface area contributed by atoms with Crippen molar-refractivity contribution in [2.75, 3.05) is 32.2 Å². The minimum Gasteiger partial charge on any atom is -0.349 e. The summed E-state index contributed by atoms with van der Waals surface area (Å²) in [6, 6.07) is 15.0. The van der Waals surface area contributed by atoms with E-state index in [0.717, 1.165) is 23.3 Å². The van der Waals surface area contributed by atoms with Crippen LogP contribution in [0, 0.1) is 0 Å². The van der Waals surface area contributed by atoms with E-state index in [0.29, 0.717) is 29.5 Å². The molecule has 0 aliphatic heterocycles. The van der Waals surface area contributed by atoms with Crippen LogP contribution in [0.5, 0.6) is 0 Å². The molecule has 1 fully saturated rings. The summed E-state index contributed by atoms with van der Waals surface area (Å²) in [5.41, 5.74) is 2.10. The molecule has 0 heterocycles. The van der Waals surface area contributed by atoms with Gasteiger partial charge in [0.2, 0.25) is 11.8 Å². The first-order valence-corrected chi connectivity index (χ1v) is 12.4. The fourth-order valence-electron chi connectivity index (χ4n) is 3.93. The standard InChI is InChI=1S/C26H33N3O3S/c1-28(2)24(30)17-19-13-15-20(16-14-19)27-26(32)22-11-7-8-12-23(22)33-18-25(31)29(3)21-9-5-4-6-10-21/h7-8,11-16,21H,4-6,9-10,17-18H2,1-3H3,(H,27,32). The molecule has 0 unspecified atom stereocenters. The number of hydrogen-bond donors (Lipinski definition) is 1. The van der Waals surface area contributed by atoms with Gasteiger partial charge < -0.3 is 15.1 Å². The molecule has 3 rings (SSSR count). The van der Waals surface area contributed by atoms with Gasteiger partial charge in [-0.25, -0.2) is 0 Å². The number of nitrogens with zero attached hydrogens (tertiary/aromatic N) is 2. The van der Waals surface area contributed by atoms with Crippen molar-refractivity contribution in [1.82, 2.24) is 9.80 Å². The van der Waals surface area contributed by atoms with Crippen LogP contribution in [0.3, 0.4) is 0 Å². The molecule has 0 atom stereocenters. The lowest BCUT2D eigenvalue weighted by Gasteiger charge is -2.31. The van der Waals surface area contributed by atoms with Gasteiger partial charge in [-0.3, -0.25) is 14.4 Å². The Morgan fingerprint density at radius 1 is 0.909 bits per heavy atom. The molecular formula is C26H33N3O3S. The molecule has 6 nitrogen and oxygen atoms in total. The number of carbonyl (C=O) groups is 3. The molecule has 1 saturated carbocycles. The zero-order valence-electron chi connectivity index (χ0n) is 19.7. The quantitative estimate of drug-likeness (QED) is 0.582. The zero-order chi connectivity index (χ0) is 23.8. The van der Waals surface area contributed by atoms with Crippen molar-refractivity contribution in [1.29, 1.82) is 0 Å². The Morgan fingerprint density at radius 2 is 1.58 bits per heavy atom. The molecule has 0 bridgehead atoms. The fourth-order valence-corrected chi connectivity index (χ4v) is 4.90. The molecule has 0 saturated heterocycles. The molecule has 1 aliphatic carbocycles. The van der Waals surface area contributed by atoms with E-state index in [1.165, 1.54) is 31.0 Å². The van der Waals surface area contributed by atoms with Gasteiger partial charge in [0.05, 0.1) is 17.7 Å². The highest BCUT2D eigenvalue weighted by molar-refractivity contribution is 8.00. The number of likely N-dealkylation sites (N-methyl/N-ethyl adjacent to an activating group) is 1. The number of rotatable bonds is 8. The van der Waals surface area contributed by atoms with Gasteiger partial charge in [0, 0.05) is 37.8 Å². The smallest absolute Gasteiger partial charge is 0.256 e. The van der Waals surface area contributed by atoms with E-state index >= 15 is 0 Å². The van der Waals surface area contributed by atoms with Crippen molar-refractivity contribution in [3.8, 4) is 0 Å². The molecule has 0 aromatic heterocycles. The first-order chi connectivity index (χ1) is 15.8. The van der Waals surface area contributed by atoms with Crippen LogP contribution in [0.15, 0.2) is 53.4 Å². The lowest BCUT2D eigenvalue weighted by Crippen LogP contribution is -2.39. The number of hydrogen-bond acceptors (Lipinski definition) is 4. The van der Waals surface area contributed by atoms with Crippen LogP contribution < -0.4 is 5.32 Å². The fraction of sp³-hybridized carbons (Fsp3) is 0.423. The molecule has 7 heteroatoms. The maximum atomic E-state index is 12.9. The van der Waals surface area contributed by atoms with Crippen molar-refractivity contribution < 1.29 is 14.4 Å². The van der Waals surface area contributed by atoms with Crippen molar-refractivity contribution in [3.05, 3.63) is 59.7 Å². The zero-order valence-corrected chi connectivity index (χ0v) is 20.5. The third-order valence-corrected chi connectivity index (χ3v) is 7.12. The predicted octanol–water partition coefficient (Wildman–Crippen LogP) is 4.45. The summed E-state index contributed by atoms with van der Waals surface area (Å²) in [4.78, 5) is 41.7. The maximum Gasteiger partial charge on any atom is 0.256 e. The second kappa shape index (κ2) is 11.9. The van der Waals surface area contributed by atoms with Gasteiger partial charge in [-0.15, -0.1) is 11.8 Å². The lowest BCUT2D eigenvalue weighted by molar-refractivity contribution is -0.130. The Balaban J connectivity index is 1.59. The van der Waals surface area contributed by atoms with E-state index in [4.69, 9.17) is 0 Å². The van der Waals surface area contributed by atoms with E-state index in [1.807, 2.05) is 42.3 Å². The third-order valence-electron chi connectivity index (χ3n) is 6.06. The largest absolute Gasteiger partial charge is 0.349 e. The van der Waals surface area contributed by atoms with Crippen LogP contribution in [0.1, 0.15) is 48.0 Å². The Labute approximate surface area is 200 Å². The lowest BCUT2D eigenvalue weighted by atomic mass is 9.94. The monoisotopic (exact) mass is 467 g/mol. The number of nitrogens with one attached hydrogen (secondary N) is 1. The summed E-state index contributed by atoms with van der Waals surface area (Å²) in [6.45, 7) is 0. The normalized spacial score (nSPS) is 13.9. The molecule has 1 aliphatic rings. The van der Waals surface area contributed by atoms with Gasteiger partial charge >= 0.3 is 0 Å². The van der Waals surface area contributed by atoms with Crippen molar-refractivity contribution in [2.45, 2.75) is 49.5 Å². The van der Waals surface area contributed by atoms with Crippen LogP contribution in [0.2, 0.25) is 0 Å². The SMILES string of the molecule is CN(C)C(=O)Cc1ccc(NC(=O)c2ccccc2SCC(=O)N(C)C2CCCCC2)cc1. The van der Waals surface area contributed by atoms with Crippen molar-refractivity contribution in [3.63, 3.8) is 0 Å². The Kier molecular flexibility index (Phi) is 8.95. The highest BCUT2D eigenvalue weighted by Gasteiger charge is 2.22. The Morgan fingerprint density at radius 3 is 2.24 bits per heavy atom. The molecule has 0 radical (unpaired) electrons. The average Bonchev–Trinajstić information content (AvgIpc) is 2.83. The highest BCUT2D eigenvalue weighted by atomic mass is 32.2. The number of amides is 3. The van der Waals surface area contributed by atoms with E-state index < -0.39 is 0 Å². The summed E-state index contributed by atoms with van der Waals surface area (Å²) >= 11 is 1.40. The van der Waals surface area contributed by atoms with Crippen molar-refractivity contribution in [2.24, 2.45) is 0 Å². The van der Waals surface area contributed by atoms with Crippen LogP contribution in [0.25, 0.3) is 0 Å². The predicted molar refractivity (Wildman–Crippen MR) is 134 cm³/mol. The summed E-state index contributed by atoms with van der Waals surface area (Å²) < 4.78 is 0. The van der Waals surface area contributed by atoms with Gasteiger partial charge in [-0.05, 0) is 42.7 Å². The average molecular weight is 468 g/mol. The summed E-state index contributed by atoms with van der Waals surface area (Å²) in [5.74, 6) is 0.223. The third kappa shape index (κ3) is 7.09. The van der Waals surface area contributed by atoms with Gasteiger partial charge in [0.1, 0.15) is 0 Å². The van der Waals surface area contributed by atoms with Gasteiger partial charge in [0.25, 0.3) is 5.91 Å². The second-order valence-corrected chi connectivity index (χ2v) is 9.71. The van der Waals surface area contributed by atoms with Gasteiger partial charge in [0.15, 0.2) is 0 Å². The maximum absolute atomic E-state index is 12.9. The second-order valence-electron chi connectivity index (χ2n) is 8.70. The highest BCUT2D eigenvalue weighted by Crippen LogP contribution is 2.26. The summed E-state index contributed by atoms with van der Waals surface area (Å²) in [5, 5.41) is 2.92. The summed E-state index contributed by atoms with van der Waals surface area (Å²) in [7, 11) is 5.36. The molecule has 176 valence electrons. The topological polar surface area (TPSA) is 69.7 Å². The van der Waals surface area contributed by atoms with Crippen LogP contribution in [0.4, 0.5) is 5.69 Å². The number of benzene rings is 2. The van der Waals surface area contributed by atoms with Gasteiger partial charge in [-0.2, -0.15) is 0 Å². The molecule has 2 aromatic carbocycles. The van der Waals surface area contributed by atoms with E-state index in [1.54, 1.807) is 37.2 Å². The molecular weight excluding hydrogens is 434 g/mol. The first-order valence-electron chi connectivity index (χ1n) is 11.4. The summed E-state index contributed by atoms with van der Waals surface area (Å²) in [6.07, 6.45) is 6.11. The first kappa shape index (κ1) is 24.8. The molecule has 3 amide bonds. The molecule has 2 aromatic rings. The van der Waals surface area contributed by atoms with E-state index in [9.17, 15) is 14.4 Å². The van der Waals surface area contributed by atoms with Crippen molar-refractivity contribution >= 4 is 35.2 Å². The molecule has 0 spiro atoms. The molecule has 33 heavy (non-hydrogen) atoms. The number of anilines is 1. The molecule has 1 N–H and O–H groups in total. The van der Waals surface area contributed by atoms with Gasteiger partial charge in [-0.1, -0.05) is 43.5 Å². The minimum atomic E-state index is -0.219. The number of carbonyl (C=O) groups excluding carboxylic acids is 3. The van der Waals surface area contributed by atoms with Crippen LogP contribution in [-0.2, 0) is 16.0 Å². The number of thioether (sulfide) groups is 1. The van der Waals surface area contributed by atoms with E-state index in [2.05, 4.69) is 5.32 Å². The van der Waals surface area contributed by atoms with E-state index in [-0.39, 0.29) is 17.7 Å².